The van der Waals surface area contributed by atoms with Gasteiger partial charge >= 0.3 is 5.97 Å². The Hall–Kier alpha value is -2.00. The van der Waals surface area contributed by atoms with Crippen molar-refractivity contribution in [1.82, 2.24) is 4.90 Å². The van der Waals surface area contributed by atoms with Gasteiger partial charge in [-0.2, -0.15) is 5.26 Å². The van der Waals surface area contributed by atoms with E-state index in [0.29, 0.717) is 30.0 Å². The van der Waals surface area contributed by atoms with Crippen LogP contribution in [-0.4, -0.2) is 48.0 Å². The Labute approximate surface area is 121 Å². The van der Waals surface area contributed by atoms with E-state index in [9.17, 15) is 9.59 Å². The van der Waals surface area contributed by atoms with Crippen LogP contribution >= 0.6 is 11.8 Å². The van der Waals surface area contributed by atoms with Gasteiger partial charge in [-0.1, -0.05) is 6.07 Å². The molecule has 0 spiro atoms. The summed E-state index contributed by atoms with van der Waals surface area (Å²) in [4.78, 5) is 25.6. The Bertz CT molecular complexity index is 568. The van der Waals surface area contributed by atoms with E-state index < -0.39 is 0 Å². The van der Waals surface area contributed by atoms with Gasteiger partial charge in [-0.05, 0) is 18.2 Å². The zero-order valence-electron chi connectivity index (χ0n) is 11.0. The van der Waals surface area contributed by atoms with Crippen molar-refractivity contribution in [3.63, 3.8) is 0 Å². The standard InChI is InChI=1S/C14H14N2O3S/c1-19-14(18)12-9-16(5-6-20-12)13(17)11-4-2-3-10(7-11)8-15/h2-4,7,12H,5-6,9H2,1H3/t12-/m0/s1. The molecule has 5 nitrogen and oxygen atoms in total. The number of amides is 1. The number of nitrogens with zero attached hydrogens (tertiary/aromatic N) is 2. The maximum Gasteiger partial charge on any atom is 0.320 e. The second-order valence-electron chi connectivity index (χ2n) is 4.33. The number of methoxy groups -OCH3 is 1. The van der Waals surface area contributed by atoms with Crippen molar-refractivity contribution >= 4 is 23.6 Å². The molecule has 104 valence electrons. The molecule has 1 saturated heterocycles. The van der Waals surface area contributed by atoms with Crippen molar-refractivity contribution in [3.8, 4) is 6.07 Å². The molecule has 6 heteroatoms. The molecule has 1 atom stereocenters. The summed E-state index contributed by atoms with van der Waals surface area (Å²) in [5, 5.41) is 8.53. The van der Waals surface area contributed by atoms with Gasteiger partial charge in [-0.3, -0.25) is 9.59 Å². The number of nitriles is 1. The average molecular weight is 290 g/mol. The normalized spacial score (nSPS) is 18.2. The summed E-state index contributed by atoms with van der Waals surface area (Å²) in [6.45, 7) is 0.931. The number of rotatable bonds is 2. The predicted octanol–water partition coefficient (Wildman–Crippen LogP) is 1.29. The number of hydrogen-bond donors (Lipinski definition) is 0. The van der Waals surface area contributed by atoms with Gasteiger partial charge in [0.05, 0.1) is 18.7 Å². The first-order chi connectivity index (χ1) is 9.65. The van der Waals surface area contributed by atoms with E-state index in [1.165, 1.54) is 18.9 Å². The molecule has 1 heterocycles. The Balaban J connectivity index is 2.12. The van der Waals surface area contributed by atoms with E-state index in [-0.39, 0.29) is 17.1 Å². The fourth-order valence-corrected chi connectivity index (χ4v) is 3.14. The number of carbonyl (C=O) groups is 2. The average Bonchev–Trinajstić information content (AvgIpc) is 2.53. The zero-order chi connectivity index (χ0) is 14.5. The fraction of sp³-hybridized carbons (Fsp3) is 0.357. The highest BCUT2D eigenvalue weighted by Gasteiger charge is 2.30. The van der Waals surface area contributed by atoms with Crippen molar-refractivity contribution in [2.45, 2.75) is 5.25 Å². The molecular weight excluding hydrogens is 276 g/mol. The summed E-state index contributed by atoms with van der Waals surface area (Å²) in [5.74, 6) is 0.235. The second kappa shape index (κ2) is 6.44. The van der Waals surface area contributed by atoms with E-state index in [1.807, 2.05) is 6.07 Å². The number of carbonyl (C=O) groups excluding carboxylic acids is 2. The van der Waals surface area contributed by atoms with Crippen LogP contribution in [0.2, 0.25) is 0 Å². The highest BCUT2D eigenvalue weighted by atomic mass is 32.2. The number of ether oxygens (including phenoxy) is 1. The van der Waals surface area contributed by atoms with Gasteiger partial charge in [0, 0.05) is 24.4 Å². The number of hydrogen-bond acceptors (Lipinski definition) is 5. The smallest absolute Gasteiger partial charge is 0.320 e. The highest BCUT2D eigenvalue weighted by Crippen LogP contribution is 2.21. The van der Waals surface area contributed by atoms with Crippen LogP contribution in [0.4, 0.5) is 0 Å². The summed E-state index contributed by atoms with van der Waals surface area (Å²) in [6, 6.07) is 8.59. The molecule has 1 aromatic rings. The largest absolute Gasteiger partial charge is 0.468 e. The molecule has 0 unspecified atom stereocenters. The first-order valence-corrected chi connectivity index (χ1v) is 7.19. The summed E-state index contributed by atoms with van der Waals surface area (Å²) in [7, 11) is 1.35. The summed E-state index contributed by atoms with van der Waals surface area (Å²) < 4.78 is 4.72. The molecule has 0 saturated carbocycles. The fourth-order valence-electron chi connectivity index (χ4n) is 2.01. The van der Waals surface area contributed by atoms with E-state index in [1.54, 1.807) is 29.2 Å². The summed E-state index contributed by atoms with van der Waals surface area (Å²) in [5.41, 5.74) is 0.923. The molecule has 2 rings (SSSR count). The Morgan fingerprint density at radius 3 is 3.00 bits per heavy atom. The minimum Gasteiger partial charge on any atom is -0.468 e. The van der Waals surface area contributed by atoms with Crippen LogP contribution < -0.4 is 0 Å². The lowest BCUT2D eigenvalue weighted by Crippen LogP contribution is -2.44. The van der Waals surface area contributed by atoms with Crippen LogP contribution in [0.15, 0.2) is 24.3 Å². The molecule has 0 aliphatic carbocycles. The van der Waals surface area contributed by atoms with Gasteiger partial charge in [0.15, 0.2) is 0 Å². The van der Waals surface area contributed by atoms with Crippen molar-refractivity contribution in [3.05, 3.63) is 35.4 Å². The van der Waals surface area contributed by atoms with E-state index >= 15 is 0 Å². The molecular formula is C14H14N2O3S. The highest BCUT2D eigenvalue weighted by molar-refractivity contribution is 8.00. The third-order valence-corrected chi connectivity index (χ3v) is 4.22. The molecule has 1 fully saturated rings. The van der Waals surface area contributed by atoms with E-state index in [2.05, 4.69) is 0 Å². The third-order valence-electron chi connectivity index (χ3n) is 3.06. The van der Waals surface area contributed by atoms with E-state index in [0.717, 1.165) is 0 Å². The summed E-state index contributed by atoms with van der Waals surface area (Å²) in [6.07, 6.45) is 0. The van der Waals surface area contributed by atoms with Gasteiger partial charge < -0.3 is 9.64 Å². The number of benzene rings is 1. The van der Waals surface area contributed by atoms with Gasteiger partial charge in [0.2, 0.25) is 0 Å². The Kier molecular flexibility index (Phi) is 4.64. The molecule has 1 aromatic carbocycles. The van der Waals surface area contributed by atoms with Gasteiger partial charge in [0.1, 0.15) is 5.25 Å². The molecule has 0 bridgehead atoms. The Morgan fingerprint density at radius 2 is 2.30 bits per heavy atom. The van der Waals surface area contributed by atoms with Crippen LogP contribution in [0, 0.1) is 11.3 Å². The molecule has 20 heavy (non-hydrogen) atoms. The van der Waals surface area contributed by atoms with Crippen molar-refractivity contribution < 1.29 is 14.3 Å². The van der Waals surface area contributed by atoms with Gasteiger partial charge in [-0.25, -0.2) is 0 Å². The van der Waals surface area contributed by atoms with Gasteiger partial charge in [-0.15, -0.1) is 11.8 Å². The third kappa shape index (κ3) is 3.11. The molecule has 0 N–H and O–H groups in total. The van der Waals surface area contributed by atoms with Gasteiger partial charge in [0.25, 0.3) is 5.91 Å². The van der Waals surface area contributed by atoms with Crippen LogP contribution in [0.25, 0.3) is 0 Å². The zero-order valence-corrected chi connectivity index (χ0v) is 11.9. The second-order valence-corrected chi connectivity index (χ2v) is 5.64. The van der Waals surface area contributed by atoms with Crippen LogP contribution in [-0.2, 0) is 9.53 Å². The molecule has 1 aliphatic rings. The lowest BCUT2D eigenvalue weighted by atomic mass is 10.1. The Morgan fingerprint density at radius 1 is 1.50 bits per heavy atom. The monoisotopic (exact) mass is 290 g/mol. The molecule has 0 aromatic heterocycles. The number of thioether (sulfide) groups is 1. The van der Waals surface area contributed by atoms with Crippen LogP contribution in [0.3, 0.4) is 0 Å². The lowest BCUT2D eigenvalue weighted by Gasteiger charge is -2.31. The first-order valence-electron chi connectivity index (χ1n) is 6.14. The molecule has 0 radical (unpaired) electrons. The minimum atomic E-state index is -0.336. The maximum atomic E-state index is 12.4. The van der Waals surface area contributed by atoms with Crippen LogP contribution in [0.5, 0.6) is 0 Å². The maximum absolute atomic E-state index is 12.4. The molecule has 1 amide bonds. The lowest BCUT2D eigenvalue weighted by molar-refractivity contribution is -0.140. The first kappa shape index (κ1) is 14.4. The quantitative estimate of drug-likeness (QED) is 0.768. The SMILES string of the molecule is COC(=O)[C@@H]1CN(C(=O)c2cccc(C#N)c2)CCS1. The van der Waals surface area contributed by atoms with Crippen LogP contribution in [0.1, 0.15) is 15.9 Å². The molecule has 1 aliphatic heterocycles. The van der Waals surface area contributed by atoms with E-state index in [4.69, 9.17) is 10.00 Å². The van der Waals surface area contributed by atoms with Crippen molar-refractivity contribution in [2.75, 3.05) is 26.0 Å². The van der Waals surface area contributed by atoms with Crippen molar-refractivity contribution in [2.24, 2.45) is 0 Å². The summed E-state index contributed by atoms with van der Waals surface area (Å²) >= 11 is 1.50. The minimum absolute atomic E-state index is 0.156. The van der Waals surface area contributed by atoms with Crippen molar-refractivity contribution in [1.29, 1.82) is 5.26 Å². The predicted molar refractivity (Wildman–Crippen MR) is 75.3 cm³/mol. The topological polar surface area (TPSA) is 70.4 Å². The number of esters is 1.